The number of ether oxygens (including phenoxy) is 1. The summed E-state index contributed by atoms with van der Waals surface area (Å²) in [6.07, 6.45) is 6.05. The number of carbonyl (C=O) groups excluding carboxylic acids is 2. The fourth-order valence-electron chi connectivity index (χ4n) is 5.85. The Kier molecular flexibility index (Phi) is 3.67. The largest absolute Gasteiger partial charge is 0.459 e. The third kappa shape index (κ3) is 1.98. The summed E-state index contributed by atoms with van der Waals surface area (Å²) in [4.78, 5) is 29.3. The molecule has 1 aromatic carbocycles. The molecule has 1 N–H and O–H groups in total. The first-order chi connectivity index (χ1) is 13.3. The lowest BCUT2D eigenvalue weighted by atomic mass is 9.64. The molecule has 148 valence electrons. The monoisotopic (exact) mass is 399 g/mol. The van der Waals surface area contributed by atoms with Gasteiger partial charge in [-0.15, -0.1) is 11.8 Å². The highest BCUT2D eigenvalue weighted by Gasteiger charge is 2.77. The Labute approximate surface area is 169 Å². The van der Waals surface area contributed by atoms with Crippen LogP contribution in [0.25, 0.3) is 0 Å². The average molecular weight is 400 g/mol. The molecule has 6 atom stereocenters. The van der Waals surface area contributed by atoms with E-state index in [0.29, 0.717) is 6.54 Å². The minimum atomic E-state index is -1.27. The van der Waals surface area contributed by atoms with Crippen molar-refractivity contribution in [1.82, 2.24) is 0 Å². The Balaban J connectivity index is 1.56. The molecule has 4 aliphatic rings. The number of ketones is 1. The van der Waals surface area contributed by atoms with Crippen LogP contribution < -0.4 is 4.90 Å². The summed E-state index contributed by atoms with van der Waals surface area (Å²) in [5.74, 6) is -0.577. The summed E-state index contributed by atoms with van der Waals surface area (Å²) in [5.41, 5.74) is -2.09. The molecule has 3 fully saturated rings. The van der Waals surface area contributed by atoms with E-state index >= 15 is 0 Å². The first-order valence-electron chi connectivity index (χ1n) is 9.88. The Morgan fingerprint density at radius 1 is 1.29 bits per heavy atom. The van der Waals surface area contributed by atoms with Gasteiger partial charge in [-0.3, -0.25) is 4.79 Å². The quantitative estimate of drug-likeness (QED) is 0.469. The lowest BCUT2D eigenvalue weighted by molar-refractivity contribution is -0.166. The third-order valence-corrected chi connectivity index (χ3v) is 8.50. The number of fused-ring (bicyclic) bond motifs is 4. The van der Waals surface area contributed by atoms with Crippen LogP contribution in [0.5, 0.6) is 0 Å². The second-order valence-corrected chi connectivity index (χ2v) is 9.73. The zero-order valence-corrected chi connectivity index (χ0v) is 17.2. The molecule has 1 aromatic rings. The minimum Gasteiger partial charge on any atom is -0.459 e. The van der Waals surface area contributed by atoms with E-state index in [1.54, 1.807) is 24.8 Å². The molecule has 2 aliphatic heterocycles. The Hall–Kier alpha value is -1.79. The number of aliphatic hydroxyl groups is 1. The maximum absolute atomic E-state index is 13.1. The van der Waals surface area contributed by atoms with Crippen molar-refractivity contribution in [3.8, 4) is 0 Å². The molecule has 2 saturated heterocycles. The fourth-order valence-corrected chi connectivity index (χ4v) is 6.30. The van der Waals surface area contributed by atoms with Crippen molar-refractivity contribution in [1.29, 1.82) is 0 Å². The molecule has 0 amide bonds. The van der Waals surface area contributed by atoms with Crippen molar-refractivity contribution in [2.45, 2.75) is 48.8 Å². The second kappa shape index (κ2) is 5.63. The topological polar surface area (TPSA) is 66.6 Å². The number of hydrogen-bond donors (Lipinski definition) is 1. The molecule has 3 unspecified atom stereocenters. The van der Waals surface area contributed by atoms with E-state index in [2.05, 4.69) is 17.0 Å². The molecule has 1 saturated carbocycles. The highest BCUT2D eigenvalue weighted by atomic mass is 32.2. The summed E-state index contributed by atoms with van der Waals surface area (Å²) in [7, 11) is 0. The van der Waals surface area contributed by atoms with Crippen molar-refractivity contribution in [3.05, 3.63) is 36.4 Å². The maximum Gasteiger partial charge on any atom is 0.334 e. The number of anilines is 1. The van der Waals surface area contributed by atoms with Crippen LogP contribution in [-0.2, 0) is 14.3 Å². The number of thioether (sulfide) groups is 1. The normalized spacial score (nSPS) is 43.7. The zero-order valence-electron chi connectivity index (χ0n) is 16.3. The number of carbonyl (C=O) groups is 2. The van der Waals surface area contributed by atoms with Gasteiger partial charge in [-0.1, -0.05) is 13.0 Å². The van der Waals surface area contributed by atoms with Crippen LogP contribution >= 0.6 is 11.8 Å². The maximum atomic E-state index is 13.1. The van der Waals surface area contributed by atoms with Crippen molar-refractivity contribution >= 4 is 29.2 Å². The highest BCUT2D eigenvalue weighted by molar-refractivity contribution is 7.98. The average Bonchev–Trinajstić information content (AvgIpc) is 3.34. The molecule has 2 heterocycles. The lowest BCUT2D eigenvalue weighted by Crippen LogP contribution is -2.57. The molecule has 1 spiro atoms. The fraction of sp³-hybridized carbons (Fsp3) is 0.545. The van der Waals surface area contributed by atoms with E-state index in [4.69, 9.17) is 4.74 Å². The molecule has 0 aromatic heterocycles. The second-order valence-electron chi connectivity index (χ2n) is 8.85. The van der Waals surface area contributed by atoms with E-state index in [0.717, 1.165) is 23.4 Å². The van der Waals surface area contributed by atoms with Gasteiger partial charge in [0, 0.05) is 16.5 Å². The van der Waals surface area contributed by atoms with E-state index in [1.807, 2.05) is 25.3 Å². The van der Waals surface area contributed by atoms with E-state index in [-0.39, 0.29) is 23.6 Å². The summed E-state index contributed by atoms with van der Waals surface area (Å²) < 4.78 is 5.93. The predicted octanol–water partition coefficient (Wildman–Crippen LogP) is 2.82. The van der Waals surface area contributed by atoms with Crippen LogP contribution in [0.4, 0.5) is 5.69 Å². The van der Waals surface area contributed by atoms with Crippen LogP contribution in [0.3, 0.4) is 0 Å². The van der Waals surface area contributed by atoms with Crippen molar-refractivity contribution < 1.29 is 19.4 Å². The van der Waals surface area contributed by atoms with Gasteiger partial charge in [0.05, 0.1) is 12.0 Å². The number of esters is 1. The Morgan fingerprint density at radius 3 is 2.82 bits per heavy atom. The summed E-state index contributed by atoms with van der Waals surface area (Å²) >= 11 is 1.67. The van der Waals surface area contributed by atoms with Crippen LogP contribution in [0.1, 0.15) is 26.7 Å². The van der Waals surface area contributed by atoms with Gasteiger partial charge in [-0.25, -0.2) is 4.79 Å². The molecule has 28 heavy (non-hydrogen) atoms. The molecular weight excluding hydrogens is 374 g/mol. The molecule has 0 radical (unpaired) electrons. The van der Waals surface area contributed by atoms with Crippen molar-refractivity contribution in [2.24, 2.45) is 17.3 Å². The molecule has 2 aliphatic carbocycles. The van der Waals surface area contributed by atoms with Gasteiger partial charge in [0.2, 0.25) is 0 Å². The zero-order chi connectivity index (χ0) is 19.9. The minimum absolute atomic E-state index is 0.0754. The van der Waals surface area contributed by atoms with Gasteiger partial charge < -0.3 is 14.7 Å². The molecule has 6 heteroatoms. The van der Waals surface area contributed by atoms with Crippen molar-refractivity contribution in [3.63, 3.8) is 0 Å². The molecule has 5 rings (SSSR count). The Morgan fingerprint density at radius 2 is 2.07 bits per heavy atom. The van der Waals surface area contributed by atoms with Crippen LogP contribution in [-0.4, -0.2) is 46.9 Å². The summed E-state index contributed by atoms with van der Waals surface area (Å²) in [6.45, 7) is 4.38. The van der Waals surface area contributed by atoms with E-state index < -0.39 is 22.7 Å². The summed E-state index contributed by atoms with van der Waals surface area (Å²) in [6, 6.07) is 8.18. The van der Waals surface area contributed by atoms with Gasteiger partial charge in [0.1, 0.15) is 11.7 Å². The number of rotatable bonds is 2. The van der Waals surface area contributed by atoms with Gasteiger partial charge in [-0.2, -0.15) is 0 Å². The lowest BCUT2D eigenvalue weighted by Gasteiger charge is -2.43. The van der Waals surface area contributed by atoms with Crippen LogP contribution in [0.15, 0.2) is 41.3 Å². The predicted molar refractivity (Wildman–Crippen MR) is 107 cm³/mol. The van der Waals surface area contributed by atoms with Gasteiger partial charge >= 0.3 is 5.97 Å². The first-order valence-corrected chi connectivity index (χ1v) is 11.1. The van der Waals surface area contributed by atoms with Gasteiger partial charge in [0.25, 0.3) is 0 Å². The molecular formula is C22H25NO4S. The first kappa shape index (κ1) is 18.3. The molecule has 0 bridgehead atoms. The number of hydrogen-bond acceptors (Lipinski definition) is 6. The van der Waals surface area contributed by atoms with E-state index in [9.17, 15) is 14.7 Å². The number of benzene rings is 1. The van der Waals surface area contributed by atoms with Gasteiger partial charge in [0.15, 0.2) is 11.3 Å². The van der Waals surface area contributed by atoms with Crippen LogP contribution in [0, 0.1) is 17.3 Å². The third-order valence-electron chi connectivity index (χ3n) is 7.77. The highest BCUT2D eigenvalue weighted by Crippen LogP contribution is 2.62. The van der Waals surface area contributed by atoms with Crippen LogP contribution in [0.2, 0.25) is 0 Å². The smallest absolute Gasteiger partial charge is 0.334 e. The van der Waals surface area contributed by atoms with Crippen molar-refractivity contribution in [2.75, 3.05) is 17.7 Å². The van der Waals surface area contributed by atoms with E-state index in [1.165, 1.54) is 6.08 Å². The summed E-state index contributed by atoms with van der Waals surface area (Å²) in [5, 5.41) is 11.4. The molecule has 5 nitrogen and oxygen atoms in total. The standard InChI is InChI=1S/C22H25NO4S/c1-13-7-8-16-18(20(2)17(24)9-10-22(13,20)26)27-19(25)21(16)12-23(21)14-5-4-6-15(11-14)28-3/h4-6,9-11,13,16,18,26H,7-8,12H2,1-3H3/t13-,16?,18?,20-,21?,22+,23?/m0/s1. The SMILES string of the molecule is CSc1cccc(N2CC23C(=O)OC2C3CC[C@H](C)[C@]3(O)C=CC(=O)[C@@]23C)c1. The Bertz CT molecular complexity index is 916. The number of allylic oxidation sites excluding steroid dienone is 1. The number of nitrogens with zero attached hydrogens (tertiary/aromatic N) is 1. The van der Waals surface area contributed by atoms with Gasteiger partial charge in [-0.05, 0) is 62.3 Å².